The van der Waals surface area contributed by atoms with Crippen LogP contribution in [0, 0.1) is 24.1 Å². The van der Waals surface area contributed by atoms with E-state index in [1.165, 1.54) is 6.07 Å². The predicted molar refractivity (Wildman–Crippen MR) is 70.0 cm³/mol. The number of nitrogens with zero attached hydrogens (tertiary/aromatic N) is 1. The Kier molecular flexibility index (Phi) is 3.16. The second-order valence-corrected chi connectivity index (χ2v) is 3.97. The van der Waals surface area contributed by atoms with Crippen molar-refractivity contribution in [3.05, 3.63) is 53.3 Å². The van der Waals surface area contributed by atoms with Gasteiger partial charge in [-0.05, 0) is 36.8 Å². The fourth-order valence-electron chi connectivity index (χ4n) is 1.60. The van der Waals surface area contributed by atoms with Crippen LogP contribution in [0.1, 0.15) is 11.1 Å². The molecule has 18 heavy (non-hydrogen) atoms. The molecule has 2 aromatic rings. The largest absolute Gasteiger partial charge is 0.396 e. The van der Waals surface area contributed by atoms with Crippen LogP contribution in [-0.2, 0) is 0 Å². The Bertz CT molecular complexity index is 629. The zero-order valence-electron chi connectivity index (χ0n) is 9.87. The van der Waals surface area contributed by atoms with Crippen LogP contribution in [0.4, 0.5) is 21.5 Å². The van der Waals surface area contributed by atoms with E-state index in [0.717, 1.165) is 0 Å². The van der Waals surface area contributed by atoms with Gasteiger partial charge >= 0.3 is 0 Å². The molecule has 0 aliphatic carbocycles. The van der Waals surface area contributed by atoms with Gasteiger partial charge in [-0.2, -0.15) is 5.26 Å². The average molecular weight is 241 g/mol. The lowest BCUT2D eigenvalue weighted by molar-refractivity contribution is 0.619. The van der Waals surface area contributed by atoms with E-state index in [4.69, 9.17) is 11.0 Å². The fraction of sp³-hybridized carbons (Fsp3) is 0.0714. The summed E-state index contributed by atoms with van der Waals surface area (Å²) in [4.78, 5) is 0. The number of nitrogens with two attached hydrogens (primary N) is 1. The lowest BCUT2D eigenvalue weighted by atomic mass is 10.1. The molecule has 0 fully saturated rings. The Morgan fingerprint density at radius 2 is 2.06 bits per heavy atom. The molecule has 90 valence electrons. The maximum Gasteiger partial charge on any atom is 0.128 e. The summed E-state index contributed by atoms with van der Waals surface area (Å²) >= 11 is 0. The van der Waals surface area contributed by atoms with E-state index < -0.39 is 0 Å². The van der Waals surface area contributed by atoms with Gasteiger partial charge in [0.15, 0.2) is 0 Å². The van der Waals surface area contributed by atoms with Crippen molar-refractivity contribution in [2.75, 3.05) is 11.1 Å². The number of halogens is 1. The van der Waals surface area contributed by atoms with Gasteiger partial charge < -0.3 is 11.1 Å². The lowest BCUT2D eigenvalue weighted by Crippen LogP contribution is -1.99. The van der Waals surface area contributed by atoms with Gasteiger partial charge in [-0.3, -0.25) is 0 Å². The van der Waals surface area contributed by atoms with Gasteiger partial charge in [0, 0.05) is 5.69 Å². The Morgan fingerprint density at radius 3 is 2.72 bits per heavy atom. The molecule has 2 rings (SSSR count). The molecule has 0 saturated heterocycles. The third-order valence-electron chi connectivity index (χ3n) is 2.68. The van der Waals surface area contributed by atoms with Crippen molar-refractivity contribution in [3.8, 4) is 6.07 Å². The van der Waals surface area contributed by atoms with E-state index in [9.17, 15) is 4.39 Å². The predicted octanol–water partition coefficient (Wildman–Crippen LogP) is 3.33. The molecule has 0 aliphatic heterocycles. The van der Waals surface area contributed by atoms with Crippen LogP contribution in [0.5, 0.6) is 0 Å². The van der Waals surface area contributed by atoms with Crippen molar-refractivity contribution in [2.24, 2.45) is 0 Å². The third-order valence-corrected chi connectivity index (χ3v) is 2.68. The van der Waals surface area contributed by atoms with Crippen molar-refractivity contribution >= 4 is 17.1 Å². The third kappa shape index (κ3) is 2.25. The van der Waals surface area contributed by atoms with Crippen molar-refractivity contribution in [1.29, 1.82) is 5.26 Å². The van der Waals surface area contributed by atoms with E-state index in [1.807, 2.05) is 6.07 Å². The Hall–Kier alpha value is -2.54. The Balaban J connectivity index is 2.35. The van der Waals surface area contributed by atoms with Crippen LogP contribution < -0.4 is 11.1 Å². The minimum atomic E-state index is -0.282. The van der Waals surface area contributed by atoms with Gasteiger partial charge in [-0.25, -0.2) is 4.39 Å². The average Bonchev–Trinajstić information content (AvgIpc) is 2.36. The molecule has 0 spiro atoms. The molecule has 4 heteroatoms. The summed E-state index contributed by atoms with van der Waals surface area (Å²) in [6.07, 6.45) is 0. The SMILES string of the molecule is Cc1ccc(Nc2cccc(C#N)c2N)cc1F. The first-order valence-corrected chi connectivity index (χ1v) is 5.43. The van der Waals surface area contributed by atoms with Crippen LogP contribution in [0.15, 0.2) is 36.4 Å². The topological polar surface area (TPSA) is 61.8 Å². The van der Waals surface area contributed by atoms with Crippen LogP contribution >= 0.6 is 0 Å². The maximum atomic E-state index is 13.4. The Morgan fingerprint density at radius 1 is 1.28 bits per heavy atom. The van der Waals surface area contributed by atoms with Gasteiger partial charge in [-0.1, -0.05) is 12.1 Å². The summed E-state index contributed by atoms with van der Waals surface area (Å²) in [6, 6.07) is 11.9. The van der Waals surface area contributed by atoms with Gasteiger partial charge in [0.1, 0.15) is 11.9 Å². The number of nitriles is 1. The second-order valence-electron chi connectivity index (χ2n) is 3.97. The standard InChI is InChI=1S/C14H12FN3/c1-9-5-6-11(7-12(9)15)18-13-4-2-3-10(8-16)14(13)17/h2-7,18H,17H2,1H3. The first-order valence-electron chi connectivity index (χ1n) is 5.43. The van der Waals surface area contributed by atoms with Gasteiger partial charge in [0.25, 0.3) is 0 Å². The van der Waals surface area contributed by atoms with Crippen molar-refractivity contribution < 1.29 is 4.39 Å². The summed E-state index contributed by atoms with van der Waals surface area (Å²) < 4.78 is 13.4. The molecule has 0 atom stereocenters. The second kappa shape index (κ2) is 4.76. The Labute approximate surface area is 105 Å². The van der Waals surface area contributed by atoms with E-state index in [2.05, 4.69) is 5.32 Å². The first kappa shape index (κ1) is 11.9. The van der Waals surface area contributed by atoms with E-state index in [-0.39, 0.29) is 5.82 Å². The van der Waals surface area contributed by atoms with Gasteiger partial charge in [-0.15, -0.1) is 0 Å². The zero-order valence-corrected chi connectivity index (χ0v) is 9.87. The quantitative estimate of drug-likeness (QED) is 0.793. The molecular weight excluding hydrogens is 229 g/mol. The van der Waals surface area contributed by atoms with E-state index in [1.54, 1.807) is 37.3 Å². The number of nitrogens with one attached hydrogen (secondary N) is 1. The molecular formula is C14H12FN3. The first-order chi connectivity index (χ1) is 8.61. The fourth-order valence-corrected chi connectivity index (χ4v) is 1.60. The smallest absolute Gasteiger partial charge is 0.128 e. The molecule has 3 nitrogen and oxygen atoms in total. The molecule has 0 saturated carbocycles. The summed E-state index contributed by atoms with van der Waals surface area (Å²) in [5, 5.41) is 11.9. The molecule has 0 amide bonds. The molecule has 3 N–H and O–H groups in total. The number of aryl methyl sites for hydroxylation is 1. The zero-order chi connectivity index (χ0) is 13.1. The van der Waals surface area contributed by atoms with Crippen LogP contribution in [0.2, 0.25) is 0 Å². The van der Waals surface area contributed by atoms with Gasteiger partial charge in [0.05, 0.1) is 16.9 Å². The molecule has 0 aromatic heterocycles. The monoisotopic (exact) mass is 241 g/mol. The highest BCUT2D eigenvalue weighted by Gasteiger charge is 2.05. The highest BCUT2D eigenvalue weighted by Crippen LogP contribution is 2.26. The highest BCUT2D eigenvalue weighted by molar-refractivity contribution is 5.77. The normalized spacial score (nSPS) is 9.83. The maximum absolute atomic E-state index is 13.4. The minimum Gasteiger partial charge on any atom is -0.396 e. The summed E-state index contributed by atoms with van der Waals surface area (Å²) in [6.45, 7) is 1.70. The molecule has 0 heterocycles. The van der Waals surface area contributed by atoms with E-state index in [0.29, 0.717) is 28.2 Å². The summed E-state index contributed by atoms with van der Waals surface area (Å²) in [5.74, 6) is -0.282. The van der Waals surface area contributed by atoms with Gasteiger partial charge in [0.2, 0.25) is 0 Å². The minimum absolute atomic E-state index is 0.282. The number of para-hydroxylation sites is 1. The number of anilines is 3. The number of nitrogen functional groups attached to an aromatic ring is 1. The number of rotatable bonds is 2. The number of hydrogen-bond donors (Lipinski definition) is 2. The van der Waals surface area contributed by atoms with Crippen molar-refractivity contribution in [1.82, 2.24) is 0 Å². The van der Waals surface area contributed by atoms with Crippen LogP contribution in [-0.4, -0.2) is 0 Å². The summed E-state index contributed by atoms with van der Waals surface area (Å²) in [7, 11) is 0. The summed E-state index contributed by atoms with van der Waals surface area (Å²) in [5.41, 5.74) is 8.36. The molecule has 0 unspecified atom stereocenters. The van der Waals surface area contributed by atoms with Crippen molar-refractivity contribution in [3.63, 3.8) is 0 Å². The number of benzene rings is 2. The lowest BCUT2D eigenvalue weighted by Gasteiger charge is -2.10. The molecule has 2 aromatic carbocycles. The van der Waals surface area contributed by atoms with Crippen LogP contribution in [0.25, 0.3) is 0 Å². The van der Waals surface area contributed by atoms with Crippen LogP contribution in [0.3, 0.4) is 0 Å². The molecule has 0 radical (unpaired) electrons. The molecule has 0 aliphatic rings. The van der Waals surface area contributed by atoms with Crippen molar-refractivity contribution in [2.45, 2.75) is 6.92 Å². The number of hydrogen-bond acceptors (Lipinski definition) is 3. The van der Waals surface area contributed by atoms with E-state index >= 15 is 0 Å². The molecule has 0 bridgehead atoms. The highest BCUT2D eigenvalue weighted by atomic mass is 19.1.